The van der Waals surface area contributed by atoms with Crippen LogP contribution in [0.4, 0.5) is 0 Å². The molecule has 0 bridgehead atoms. The number of carbonyl (C=O) groups excluding carboxylic acids is 1. The molecule has 20 heavy (non-hydrogen) atoms. The largest absolute Gasteiger partial charge is 0.480 e. The maximum Gasteiger partial charge on any atom is 0.326 e. The molecular weight excluding hydrogens is 260 g/mol. The average molecular weight is 274 g/mol. The molecule has 0 aliphatic carbocycles. The number of aliphatic hydroxyl groups excluding tert-OH is 1. The van der Waals surface area contributed by atoms with E-state index in [1.807, 2.05) is 6.07 Å². The van der Waals surface area contributed by atoms with Crippen LogP contribution in [-0.4, -0.2) is 39.7 Å². The topological polar surface area (TPSA) is 99.5 Å². The van der Waals surface area contributed by atoms with Gasteiger partial charge in [-0.05, 0) is 12.1 Å². The first-order chi connectivity index (χ1) is 9.63. The molecule has 1 amide bonds. The van der Waals surface area contributed by atoms with Crippen molar-refractivity contribution in [3.8, 4) is 0 Å². The molecule has 6 nitrogen and oxygen atoms in total. The van der Waals surface area contributed by atoms with Crippen molar-refractivity contribution in [3.05, 3.63) is 42.1 Å². The Hall–Kier alpha value is -2.47. The summed E-state index contributed by atoms with van der Waals surface area (Å²) < 4.78 is 0. The van der Waals surface area contributed by atoms with E-state index < -0.39 is 17.9 Å². The van der Waals surface area contributed by atoms with Crippen LogP contribution in [0.25, 0.3) is 10.9 Å². The lowest BCUT2D eigenvalue weighted by Gasteiger charge is -2.14. The number of nitrogens with zero attached hydrogens (tertiary/aromatic N) is 1. The van der Waals surface area contributed by atoms with Gasteiger partial charge in [0.05, 0.1) is 11.1 Å². The molecule has 0 saturated heterocycles. The van der Waals surface area contributed by atoms with Gasteiger partial charge in [-0.3, -0.25) is 9.78 Å². The smallest absolute Gasteiger partial charge is 0.326 e. The van der Waals surface area contributed by atoms with E-state index >= 15 is 0 Å². The van der Waals surface area contributed by atoms with Gasteiger partial charge < -0.3 is 15.5 Å². The third-order valence-corrected chi connectivity index (χ3v) is 2.91. The zero-order chi connectivity index (χ0) is 14.5. The Labute approximate surface area is 115 Å². The number of aliphatic hydroxyl groups is 1. The fourth-order valence-electron chi connectivity index (χ4n) is 1.92. The SMILES string of the molecule is O=C(N[C@H](CCO)C(=O)O)c1ccnc2ccccc12. The highest BCUT2D eigenvalue weighted by molar-refractivity contribution is 6.06. The number of amides is 1. The van der Waals surface area contributed by atoms with Crippen LogP contribution in [0.1, 0.15) is 16.8 Å². The van der Waals surface area contributed by atoms with Gasteiger partial charge in [0, 0.05) is 24.6 Å². The Balaban J connectivity index is 2.29. The van der Waals surface area contributed by atoms with E-state index in [-0.39, 0.29) is 13.0 Å². The Morgan fingerprint density at radius 1 is 1.25 bits per heavy atom. The maximum atomic E-state index is 12.2. The van der Waals surface area contributed by atoms with E-state index in [0.29, 0.717) is 16.5 Å². The summed E-state index contributed by atoms with van der Waals surface area (Å²) in [5, 5.41) is 20.8. The van der Waals surface area contributed by atoms with Crippen LogP contribution in [0, 0.1) is 0 Å². The van der Waals surface area contributed by atoms with Gasteiger partial charge in [0.1, 0.15) is 6.04 Å². The van der Waals surface area contributed by atoms with Crippen molar-refractivity contribution in [1.29, 1.82) is 0 Å². The number of benzene rings is 1. The van der Waals surface area contributed by atoms with Gasteiger partial charge in [0.25, 0.3) is 5.91 Å². The first kappa shape index (κ1) is 14.0. The number of pyridine rings is 1. The van der Waals surface area contributed by atoms with Crippen molar-refractivity contribution in [3.63, 3.8) is 0 Å². The summed E-state index contributed by atoms with van der Waals surface area (Å²) in [5.41, 5.74) is 1.02. The number of carboxylic acid groups (broad SMARTS) is 1. The van der Waals surface area contributed by atoms with Crippen LogP contribution in [0.5, 0.6) is 0 Å². The quantitative estimate of drug-likeness (QED) is 0.749. The molecule has 1 heterocycles. The number of aromatic nitrogens is 1. The van der Waals surface area contributed by atoms with Crippen LogP contribution in [-0.2, 0) is 4.79 Å². The Morgan fingerprint density at radius 3 is 2.70 bits per heavy atom. The maximum absolute atomic E-state index is 12.2. The number of para-hydroxylation sites is 1. The molecule has 2 rings (SSSR count). The van der Waals surface area contributed by atoms with Gasteiger partial charge in [0.15, 0.2) is 0 Å². The van der Waals surface area contributed by atoms with E-state index in [0.717, 1.165) is 0 Å². The number of carbonyl (C=O) groups is 2. The molecule has 0 aliphatic rings. The van der Waals surface area contributed by atoms with Gasteiger partial charge in [-0.15, -0.1) is 0 Å². The normalized spacial score (nSPS) is 12.1. The second-order valence-corrected chi connectivity index (χ2v) is 4.25. The number of nitrogens with one attached hydrogen (secondary N) is 1. The van der Waals surface area contributed by atoms with E-state index in [9.17, 15) is 9.59 Å². The molecule has 1 atom stereocenters. The Bertz CT molecular complexity index is 637. The van der Waals surface area contributed by atoms with E-state index in [4.69, 9.17) is 10.2 Å². The zero-order valence-corrected chi connectivity index (χ0v) is 10.6. The minimum atomic E-state index is -1.18. The Kier molecular flexibility index (Phi) is 4.27. The molecule has 0 spiro atoms. The van der Waals surface area contributed by atoms with Crippen molar-refractivity contribution in [2.75, 3.05) is 6.61 Å². The standard InChI is InChI=1S/C14H14N2O4/c17-8-6-12(14(19)20)16-13(18)10-5-7-15-11-4-2-1-3-9(10)11/h1-5,7,12,17H,6,8H2,(H,16,18)(H,19,20)/t12-/m1/s1. The molecule has 0 fully saturated rings. The summed E-state index contributed by atoms with van der Waals surface area (Å²) in [7, 11) is 0. The van der Waals surface area contributed by atoms with Crippen LogP contribution < -0.4 is 5.32 Å². The lowest BCUT2D eigenvalue weighted by atomic mass is 10.1. The van der Waals surface area contributed by atoms with Crippen LogP contribution >= 0.6 is 0 Å². The summed E-state index contributed by atoms with van der Waals surface area (Å²) in [6.45, 7) is -0.311. The van der Waals surface area contributed by atoms with E-state index in [2.05, 4.69) is 10.3 Å². The molecule has 1 aromatic carbocycles. The van der Waals surface area contributed by atoms with Crippen molar-refractivity contribution in [1.82, 2.24) is 10.3 Å². The van der Waals surface area contributed by atoms with Crippen molar-refractivity contribution < 1.29 is 19.8 Å². The van der Waals surface area contributed by atoms with Crippen molar-refractivity contribution in [2.45, 2.75) is 12.5 Å². The van der Waals surface area contributed by atoms with Crippen LogP contribution in [0.2, 0.25) is 0 Å². The van der Waals surface area contributed by atoms with Gasteiger partial charge >= 0.3 is 5.97 Å². The lowest BCUT2D eigenvalue weighted by Crippen LogP contribution is -2.41. The average Bonchev–Trinajstić information content (AvgIpc) is 2.46. The molecule has 3 N–H and O–H groups in total. The lowest BCUT2D eigenvalue weighted by molar-refractivity contribution is -0.139. The van der Waals surface area contributed by atoms with E-state index in [1.54, 1.807) is 18.2 Å². The monoisotopic (exact) mass is 274 g/mol. The molecule has 1 aromatic heterocycles. The third kappa shape index (κ3) is 2.92. The van der Waals surface area contributed by atoms with E-state index in [1.165, 1.54) is 12.3 Å². The minimum Gasteiger partial charge on any atom is -0.480 e. The molecule has 0 unspecified atom stereocenters. The Morgan fingerprint density at radius 2 is 2.00 bits per heavy atom. The first-order valence-corrected chi connectivity index (χ1v) is 6.11. The molecule has 6 heteroatoms. The summed E-state index contributed by atoms with van der Waals surface area (Å²) in [6.07, 6.45) is 1.46. The fraction of sp³-hybridized carbons (Fsp3) is 0.214. The second-order valence-electron chi connectivity index (χ2n) is 4.25. The van der Waals surface area contributed by atoms with Gasteiger partial charge in [-0.1, -0.05) is 18.2 Å². The van der Waals surface area contributed by atoms with Gasteiger partial charge in [-0.25, -0.2) is 4.79 Å². The summed E-state index contributed by atoms with van der Waals surface area (Å²) in [4.78, 5) is 27.3. The fourth-order valence-corrected chi connectivity index (χ4v) is 1.92. The molecule has 0 aliphatic heterocycles. The predicted molar refractivity (Wildman–Crippen MR) is 72.3 cm³/mol. The number of aliphatic carboxylic acids is 1. The van der Waals surface area contributed by atoms with Gasteiger partial charge in [-0.2, -0.15) is 0 Å². The molecule has 104 valence electrons. The van der Waals surface area contributed by atoms with Gasteiger partial charge in [0.2, 0.25) is 0 Å². The summed E-state index contributed by atoms with van der Waals surface area (Å²) >= 11 is 0. The zero-order valence-electron chi connectivity index (χ0n) is 10.6. The highest BCUT2D eigenvalue weighted by Gasteiger charge is 2.21. The molecule has 2 aromatic rings. The molecule has 0 radical (unpaired) electrons. The van der Waals surface area contributed by atoms with Crippen molar-refractivity contribution >= 4 is 22.8 Å². The molecular formula is C14H14N2O4. The van der Waals surface area contributed by atoms with Crippen molar-refractivity contribution in [2.24, 2.45) is 0 Å². The first-order valence-electron chi connectivity index (χ1n) is 6.11. The number of rotatable bonds is 5. The number of carboxylic acids is 1. The summed E-state index contributed by atoms with van der Waals surface area (Å²) in [5.74, 6) is -1.67. The summed E-state index contributed by atoms with van der Waals surface area (Å²) in [6, 6.07) is 7.54. The second kappa shape index (κ2) is 6.12. The number of fused-ring (bicyclic) bond motifs is 1. The highest BCUT2D eigenvalue weighted by atomic mass is 16.4. The number of hydrogen-bond acceptors (Lipinski definition) is 4. The van der Waals surface area contributed by atoms with Crippen LogP contribution in [0.3, 0.4) is 0 Å². The third-order valence-electron chi connectivity index (χ3n) is 2.91. The predicted octanol–water partition coefficient (Wildman–Crippen LogP) is 0.800. The molecule has 0 saturated carbocycles. The van der Waals surface area contributed by atoms with Crippen LogP contribution in [0.15, 0.2) is 36.5 Å². The number of hydrogen-bond donors (Lipinski definition) is 3. The highest BCUT2D eigenvalue weighted by Crippen LogP contribution is 2.16. The minimum absolute atomic E-state index is 0.0376.